The Kier molecular flexibility index (Phi) is 5.25. The Hall–Kier alpha value is -1.96. The number of hydrogen-bond acceptors (Lipinski definition) is 1. The van der Waals surface area contributed by atoms with Gasteiger partial charge in [-0.05, 0) is 38.0 Å². The molecule has 0 unspecified atom stereocenters. The number of hydrogen-bond donors (Lipinski definition) is 2. The molecule has 0 aliphatic carbocycles. The van der Waals surface area contributed by atoms with Gasteiger partial charge >= 0.3 is 0 Å². The van der Waals surface area contributed by atoms with E-state index in [0.29, 0.717) is 0 Å². The van der Waals surface area contributed by atoms with E-state index in [1.807, 2.05) is 33.2 Å². The lowest BCUT2D eigenvalue weighted by Gasteiger charge is -2.09. The van der Waals surface area contributed by atoms with E-state index in [2.05, 4.69) is 48.1 Å². The second-order valence-electron chi connectivity index (χ2n) is 4.14. The van der Waals surface area contributed by atoms with Gasteiger partial charge in [-0.1, -0.05) is 36.5 Å². The Bertz CT molecular complexity index is 499. The van der Waals surface area contributed by atoms with Gasteiger partial charge in [0.05, 0.1) is 0 Å². The molecule has 0 aliphatic heterocycles. The molecule has 0 saturated heterocycles. The van der Waals surface area contributed by atoms with Crippen molar-refractivity contribution in [2.45, 2.75) is 20.8 Å². The van der Waals surface area contributed by atoms with Crippen LogP contribution in [0.3, 0.4) is 0 Å². The zero-order valence-corrected chi connectivity index (χ0v) is 11.7. The van der Waals surface area contributed by atoms with Crippen molar-refractivity contribution in [2.24, 2.45) is 0 Å². The molecule has 2 N–H and O–H groups in total. The summed E-state index contributed by atoms with van der Waals surface area (Å²) < 4.78 is 0. The summed E-state index contributed by atoms with van der Waals surface area (Å²) >= 11 is 0. The van der Waals surface area contributed by atoms with Gasteiger partial charge in [0.2, 0.25) is 0 Å². The number of aromatic amines is 1. The van der Waals surface area contributed by atoms with E-state index in [1.54, 1.807) is 0 Å². The van der Waals surface area contributed by atoms with E-state index in [0.717, 1.165) is 11.4 Å². The van der Waals surface area contributed by atoms with Crippen LogP contribution in [0.1, 0.15) is 26.3 Å². The van der Waals surface area contributed by atoms with Crippen LogP contribution in [0.5, 0.6) is 0 Å². The highest BCUT2D eigenvalue weighted by molar-refractivity contribution is 5.86. The minimum atomic E-state index is 1.03. The second kappa shape index (κ2) is 6.70. The zero-order chi connectivity index (χ0) is 13.5. The summed E-state index contributed by atoms with van der Waals surface area (Å²) in [7, 11) is 1.92. The maximum Gasteiger partial charge on any atom is 0.110 e. The molecule has 0 radical (unpaired) electrons. The van der Waals surface area contributed by atoms with Crippen molar-refractivity contribution >= 4 is 11.4 Å². The summed E-state index contributed by atoms with van der Waals surface area (Å²) in [5.41, 5.74) is 4.63. The summed E-state index contributed by atoms with van der Waals surface area (Å²) in [5.74, 6) is 1.03. The van der Waals surface area contributed by atoms with Crippen LogP contribution in [-0.4, -0.2) is 12.0 Å². The third-order valence-electron chi connectivity index (χ3n) is 2.75. The molecule has 1 rings (SSSR count). The second-order valence-corrected chi connectivity index (χ2v) is 4.14. The SMILES string of the molecule is C=C(C)\C=C/C(=C\C)C(=C/C)/c1cc[nH]c1NC. The van der Waals surface area contributed by atoms with Gasteiger partial charge in [0.1, 0.15) is 5.82 Å². The highest BCUT2D eigenvalue weighted by atomic mass is 15.0. The Morgan fingerprint density at radius 2 is 2.00 bits per heavy atom. The molecule has 0 spiro atoms. The Morgan fingerprint density at radius 3 is 2.50 bits per heavy atom. The van der Waals surface area contributed by atoms with Gasteiger partial charge in [0.25, 0.3) is 0 Å². The largest absolute Gasteiger partial charge is 0.374 e. The van der Waals surface area contributed by atoms with Crippen molar-refractivity contribution in [1.29, 1.82) is 0 Å². The minimum Gasteiger partial charge on any atom is -0.374 e. The van der Waals surface area contributed by atoms with E-state index < -0.39 is 0 Å². The van der Waals surface area contributed by atoms with Crippen molar-refractivity contribution in [3.63, 3.8) is 0 Å². The molecule has 1 aromatic rings. The standard InChI is InChI=1S/C16H22N2/c1-6-13(9-8-12(3)4)14(7-2)15-10-11-18-16(15)17-5/h6-11,17-18H,3H2,1-2,4-5H3/b9-8-,13-6+,14-7-. The van der Waals surface area contributed by atoms with Crippen molar-refractivity contribution in [3.05, 3.63) is 59.9 Å². The normalized spacial score (nSPS) is 13.1. The molecule has 2 nitrogen and oxygen atoms in total. The molecule has 2 heteroatoms. The molecule has 0 aromatic carbocycles. The van der Waals surface area contributed by atoms with E-state index in [4.69, 9.17) is 0 Å². The lowest BCUT2D eigenvalue weighted by atomic mass is 9.98. The van der Waals surface area contributed by atoms with Gasteiger partial charge in [-0.2, -0.15) is 0 Å². The first-order chi connectivity index (χ1) is 8.63. The monoisotopic (exact) mass is 242 g/mol. The van der Waals surface area contributed by atoms with Crippen LogP contribution in [0.25, 0.3) is 5.57 Å². The van der Waals surface area contributed by atoms with Crippen LogP contribution < -0.4 is 5.32 Å². The summed E-state index contributed by atoms with van der Waals surface area (Å²) in [6.07, 6.45) is 10.3. The number of H-pyrrole nitrogens is 1. The van der Waals surface area contributed by atoms with Gasteiger partial charge in [-0.15, -0.1) is 0 Å². The van der Waals surface area contributed by atoms with Gasteiger partial charge in [0.15, 0.2) is 0 Å². The van der Waals surface area contributed by atoms with Crippen LogP contribution >= 0.6 is 0 Å². The molecule has 0 amide bonds. The van der Waals surface area contributed by atoms with Crippen LogP contribution in [-0.2, 0) is 0 Å². The molecular weight excluding hydrogens is 220 g/mol. The number of rotatable bonds is 5. The van der Waals surface area contributed by atoms with E-state index >= 15 is 0 Å². The summed E-state index contributed by atoms with van der Waals surface area (Å²) in [6.45, 7) is 9.99. The van der Waals surface area contributed by atoms with Gasteiger partial charge in [-0.3, -0.25) is 0 Å². The zero-order valence-electron chi connectivity index (χ0n) is 11.7. The fourth-order valence-corrected chi connectivity index (χ4v) is 1.85. The lowest BCUT2D eigenvalue weighted by molar-refractivity contribution is 1.34. The Labute approximate surface area is 110 Å². The molecule has 96 valence electrons. The fourth-order valence-electron chi connectivity index (χ4n) is 1.85. The van der Waals surface area contributed by atoms with Crippen molar-refractivity contribution in [3.8, 4) is 0 Å². The number of allylic oxidation sites excluding steroid dienone is 7. The van der Waals surface area contributed by atoms with Crippen molar-refractivity contribution < 1.29 is 0 Å². The molecule has 1 aromatic heterocycles. The molecule has 0 aliphatic rings. The van der Waals surface area contributed by atoms with Crippen LogP contribution in [0.4, 0.5) is 5.82 Å². The number of nitrogens with one attached hydrogen (secondary N) is 2. The lowest BCUT2D eigenvalue weighted by Crippen LogP contribution is -1.94. The summed E-state index contributed by atoms with van der Waals surface area (Å²) in [4.78, 5) is 3.19. The van der Waals surface area contributed by atoms with Gasteiger partial charge in [-0.25, -0.2) is 0 Å². The topological polar surface area (TPSA) is 27.8 Å². The fraction of sp³-hybridized carbons (Fsp3) is 0.250. The number of aromatic nitrogens is 1. The number of anilines is 1. The third-order valence-corrected chi connectivity index (χ3v) is 2.75. The van der Waals surface area contributed by atoms with E-state index in [1.165, 1.54) is 16.7 Å². The summed E-state index contributed by atoms with van der Waals surface area (Å²) in [5, 5.41) is 3.17. The average molecular weight is 242 g/mol. The van der Waals surface area contributed by atoms with Gasteiger partial charge in [0, 0.05) is 18.8 Å². The van der Waals surface area contributed by atoms with E-state index in [-0.39, 0.29) is 0 Å². The maximum atomic E-state index is 3.89. The Balaban J connectivity index is 3.14. The van der Waals surface area contributed by atoms with Gasteiger partial charge < -0.3 is 10.3 Å². The molecule has 0 bridgehead atoms. The molecule has 0 saturated carbocycles. The highest BCUT2D eigenvalue weighted by Gasteiger charge is 2.09. The quantitative estimate of drug-likeness (QED) is 0.729. The van der Waals surface area contributed by atoms with Crippen LogP contribution in [0.2, 0.25) is 0 Å². The van der Waals surface area contributed by atoms with Crippen LogP contribution in [0.15, 0.2) is 54.3 Å². The smallest absolute Gasteiger partial charge is 0.110 e. The first kappa shape index (κ1) is 14.1. The molecule has 18 heavy (non-hydrogen) atoms. The molecule has 0 atom stereocenters. The molecular formula is C16H22N2. The van der Waals surface area contributed by atoms with Crippen molar-refractivity contribution in [2.75, 3.05) is 12.4 Å². The van der Waals surface area contributed by atoms with E-state index in [9.17, 15) is 0 Å². The summed E-state index contributed by atoms with van der Waals surface area (Å²) in [6, 6.07) is 2.08. The third kappa shape index (κ3) is 3.27. The van der Waals surface area contributed by atoms with Crippen LogP contribution in [0, 0.1) is 0 Å². The van der Waals surface area contributed by atoms with Crippen molar-refractivity contribution in [1.82, 2.24) is 4.98 Å². The first-order valence-electron chi connectivity index (χ1n) is 6.16. The predicted molar refractivity (Wildman–Crippen MR) is 81.7 cm³/mol. The average Bonchev–Trinajstić information content (AvgIpc) is 2.82. The molecule has 1 heterocycles. The first-order valence-corrected chi connectivity index (χ1v) is 6.16. The maximum absolute atomic E-state index is 3.89. The predicted octanol–water partition coefficient (Wildman–Crippen LogP) is 4.54. The Morgan fingerprint density at radius 1 is 1.28 bits per heavy atom. The molecule has 0 fully saturated rings. The minimum absolute atomic E-state index is 1.03. The highest BCUT2D eigenvalue weighted by Crippen LogP contribution is 2.29.